The summed E-state index contributed by atoms with van der Waals surface area (Å²) in [5.41, 5.74) is -0.523. The molecule has 0 N–H and O–H groups in total. The fourth-order valence-corrected chi connectivity index (χ4v) is 2.10. The molecule has 6 heteroatoms. The van der Waals surface area contributed by atoms with Crippen LogP contribution in [0.2, 0.25) is 0 Å². The number of hydrogen-bond acceptors (Lipinski definition) is 5. The highest BCUT2D eigenvalue weighted by molar-refractivity contribution is 5.69. The average molecular weight is 281 g/mol. The highest BCUT2D eigenvalue weighted by atomic mass is 16.6. The van der Waals surface area contributed by atoms with Gasteiger partial charge in [0.25, 0.3) is 0 Å². The van der Waals surface area contributed by atoms with Crippen LogP contribution in [0, 0.1) is 10.1 Å². The summed E-state index contributed by atoms with van der Waals surface area (Å²) in [6, 6.07) is 1.69. The Balaban J connectivity index is 2.84. The van der Waals surface area contributed by atoms with Gasteiger partial charge in [-0.1, -0.05) is 6.08 Å². The number of carbonyl (C=O) groups excluding carboxylic acids is 1. The molecular weight excluding hydrogens is 262 g/mol. The SMILES string of the molecule is C=CCC(CCC(=O)OCC)(Cc1ccoc1)[N+](=O)[O-]. The van der Waals surface area contributed by atoms with Gasteiger partial charge in [-0.25, -0.2) is 0 Å². The monoisotopic (exact) mass is 281 g/mol. The van der Waals surface area contributed by atoms with Crippen molar-refractivity contribution in [2.75, 3.05) is 6.61 Å². The molecule has 0 amide bonds. The van der Waals surface area contributed by atoms with Crippen LogP contribution < -0.4 is 0 Å². The van der Waals surface area contributed by atoms with Gasteiger partial charge in [0.1, 0.15) is 0 Å². The molecule has 1 aromatic rings. The van der Waals surface area contributed by atoms with Gasteiger partial charge in [-0.05, 0) is 18.6 Å². The first-order valence-corrected chi connectivity index (χ1v) is 6.46. The molecule has 20 heavy (non-hydrogen) atoms. The zero-order valence-corrected chi connectivity index (χ0v) is 11.5. The molecule has 0 aliphatic rings. The summed E-state index contributed by atoms with van der Waals surface area (Å²) in [5.74, 6) is -0.421. The van der Waals surface area contributed by atoms with Crippen molar-refractivity contribution >= 4 is 5.97 Å². The highest BCUT2D eigenvalue weighted by Gasteiger charge is 2.42. The minimum atomic E-state index is -1.25. The summed E-state index contributed by atoms with van der Waals surface area (Å²) in [6.45, 7) is 5.55. The van der Waals surface area contributed by atoms with Crippen LogP contribution in [0.3, 0.4) is 0 Å². The maximum absolute atomic E-state index is 11.5. The first kappa shape index (κ1) is 15.9. The summed E-state index contributed by atoms with van der Waals surface area (Å²) in [4.78, 5) is 22.6. The molecular formula is C14H19NO5. The summed E-state index contributed by atoms with van der Waals surface area (Å²) >= 11 is 0. The molecule has 1 heterocycles. The van der Waals surface area contributed by atoms with E-state index in [1.54, 1.807) is 13.0 Å². The average Bonchev–Trinajstić information content (AvgIpc) is 2.89. The Morgan fingerprint density at radius 1 is 1.65 bits per heavy atom. The Bertz CT molecular complexity index is 454. The predicted molar refractivity (Wildman–Crippen MR) is 72.8 cm³/mol. The van der Waals surface area contributed by atoms with Crippen molar-refractivity contribution in [2.45, 2.75) is 38.1 Å². The van der Waals surface area contributed by atoms with E-state index in [4.69, 9.17) is 9.15 Å². The van der Waals surface area contributed by atoms with Gasteiger partial charge in [0.05, 0.1) is 25.6 Å². The molecule has 0 saturated carbocycles. The summed E-state index contributed by atoms with van der Waals surface area (Å²) in [5, 5.41) is 11.5. The number of rotatable bonds is 9. The number of carbonyl (C=O) groups is 1. The third-order valence-corrected chi connectivity index (χ3v) is 3.12. The van der Waals surface area contributed by atoms with Crippen molar-refractivity contribution < 1.29 is 18.9 Å². The standard InChI is InChI=1S/C14H19NO5/c1-3-7-14(15(17)18,8-5-13(16)20-4-2)10-12-6-9-19-11-12/h3,6,9,11H,1,4-5,7-8,10H2,2H3. The molecule has 0 saturated heterocycles. The van der Waals surface area contributed by atoms with Gasteiger partial charge in [-0.15, -0.1) is 6.58 Å². The van der Waals surface area contributed by atoms with Crippen molar-refractivity contribution in [2.24, 2.45) is 0 Å². The van der Waals surface area contributed by atoms with Gasteiger partial charge in [0.2, 0.25) is 5.54 Å². The van der Waals surface area contributed by atoms with E-state index in [2.05, 4.69) is 6.58 Å². The van der Waals surface area contributed by atoms with Crippen molar-refractivity contribution in [1.29, 1.82) is 0 Å². The molecule has 0 bridgehead atoms. The lowest BCUT2D eigenvalue weighted by molar-refractivity contribution is -0.570. The molecule has 0 aliphatic carbocycles. The van der Waals surface area contributed by atoms with E-state index >= 15 is 0 Å². The second kappa shape index (κ2) is 7.47. The Morgan fingerprint density at radius 3 is 2.90 bits per heavy atom. The van der Waals surface area contributed by atoms with Crippen molar-refractivity contribution in [3.05, 3.63) is 46.9 Å². The third kappa shape index (κ3) is 4.22. The minimum Gasteiger partial charge on any atom is -0.472 e. The highest BCUT2D eigenvalue weighted by Crippen LogP contribution is 2.27. The lowest BCUT2D eigenvalue weighted by atomic mass is 9.84. The number of nitro groups is 1. The Morgan fingerprint density at radius 2 is 2.40 bits per heavy atom. The number of hydrogen-bond donors (Lipinski definition) is 0. The topological polar surface area (TPSA) is 82.6 Å². The first-order chi connectivity index (χ1) is 9.54. The number of furan rings is 1. The fraction of sp³-hybridized carbons (Fsp3) is 0.500. The van der Waals surface area contributed by atoms with E-state index in [1.807, 2.05) is 0 Å². The molecule has 6 nitrogen and oxygen atoms in total. The second-order valence-electron chi connectivity index (χ2n) is 4.59. The van der Waals surface area contributed by atoms with Crippen molar-refractivity contribution in [3.8, 4) is 0 Å². The first-order valence-electron chi connectivity index (χ1n) is 6.46. The van der Waals surface area contributed by atoms with Gasteiger partial charge in [-0.3, -0.25) is 14.9 Å². The smallest absolute Gasteiger partial charge is 0.306 e. The maximum atomic E-state index is 11.5. The lowest BCUT2D eigenvalue weighted by Crippen LogP contribution is -2.40. The molecule has 110 valence electrons. The minimum absolute atomic E-state index is 0.0144. The molecule has 0 radical (unpaired) electrons. The van der Waals surface area contributed by atoms with Gasteiger partial charge >= 0.3 is 5.97 Å². The molecule has 0 spiro atoms. The van der Waals surface area contributed by atoms with Crippen molar-refractivity contribution in [1.82, 2.24) is 0 Å². The Kier molecular flexibility index (Phi) is 5.96. The van der Waals surface area contributed by atoms with E-state index in [0.717, 1.165) is 5.56 Å². The fourth-order valence-electron chi connectivity index (χ4n) is 2.10. The molecule has 1 unspecified atom stereocenters. The third-order valence-electron chi connectivity index (χ3n) is 3.12. The maximum Gasteiger partial charge on any atom is 0.306 e. The van der Waals surface area contributed by atoms with E-state index in [1.165, 1.54) is 18.6 Å². The van der Waals surface area contributed by atoms with Crippen LogP contribution in [0.4, 0.5) is 0 Å². The van der Waals surface area contributed by atoms with Crippen LogP contribution >= 0.6 is 0 Å². The number of ether oxygens (including phenoxy) is 1. The lowest BCUT2D eigenvalue weighted by Gasteiger charge is -2.23. The Hall–Kier alpha value is -2.11. The van der Waals surface area contributed by atoms with Gasteiger partial charge in [-0.2, -0.15) is 0 Å². The number of nitrogens with zero attached hydrogens (tertiary/aromatic N) is 1. The molecule has 0 fully saturated rings. The van der Waals surface area contributed by atoms with E-state index in [-0.39, 0.29) is 37.2 Å². The summed E-state index contributed by atoms with van der Waals surface area (Å²) < 4.78 is 9.77. The van der Waals surface area contributed by atoms with Crippen LogP contribution in [0.5, 0.6) is 0 Å². The molecule has 0 aliphatic heterocycles. The summed E-state index contributed by atoms with van der Waals surface area (Å²) in [6.07, 6.45) is 4.96. The van der Waals surface area contributed by atoms with E-state index in [9.17, 15) is 14.9 Å². The second-order valence-corrected chi connectivity index (χ2v) is 4.59. The van der Waals surface area contributed by atoms with E-state index < -0.39 is 11.5 Å². The van der Waals surface area contributed by atoms with Crippen LogP contribution in [0.25, 0.3) is 0 Å². The van der Waals surface area contributed by atoms with Crippen LogP contribution in [0.1, 0.15) is 31.7 Å². The van der Waals surface area contributed by atoms with E-state index in [0.29, 0.717) is 0 Å². The van der Waals surface area contributed by atoms with Crippen LogP contribution in [-0.4, -0.2) is 23.0 Å². The quantitative estimate of drug-likeness (QED) is 0.301. The summed E-state index contributed by atoms with van der Waals surface area (Å²) in [7, 11) is 0. The van der Waals surface area contributed by atoms with Gasteiger partial charge in [0, 0.05) is 24.2 Å². The zero-order valence-electron chi connectivity index (χ0n) is 11.5. The zero-order chi connectivity index (χ0) is 15.0. The number of esters is 1. The molecule has 1 rings (SSSR count). The molecule has 1 atom stereocenters. The normalized spacial score (nSPS) is 13.4. The predicted octanol–water partition coefficient (Wildman–Crippen LogP) is 2.76. The van der Waals surface area contributed by atoms with Crippen LogP contribution in [0.15, 0.2) is 35.7 Å². The van der Waals surface area contributed by atoms with Crippen molar-refractivity contribution in [3.63, 3.8) is 0 Å². The molecule has 1 aromatic heterocycles. The molecule has 0 aromatic carbocycles. The van der Waals surface area contributed by atoms with Gasteiger partial charge in [0.15, 0.2) is 0 Å². The van der Waals surface area contributed by atoms with Gasteiger partial charge < -0.3 is 9.15 Å². The Labute approximate surface area is 117 Å². The largest absolute Gasteiger partial charge is 0.472 e. The van der Waals surface area contributed by atoms with Crippen LogP contribution in [-0.2, 0) is 16.0 Å².